The van der Waals surface area contributed by atoms with E-state index in [2.05, 4.69) is 55.3 Å². The number of carbonyl (C=O) groups excluding carboxylic acids is 2. The van der Waals surface area contributed by atoms with Crippen molar-refractivity contribution in [3.63, 3.8) is 0 Å². The number of benzene rings is 1. The number of hydrogen-bond acceptors (Lipinski definition) is 4. The second-order valence-electron chi connectivity index (χ2n) is 10.1. The van der Waals surface area contributed by atoms with Gasteiger partial charge in [0.1, 0.15) is 11.6 Å². The molecule has 3 heterocycles. The minimum atomic E-state index is -0.694. The van der Waals surface area contributed by atoms with Gasteiger partial charge in [-0.25, -0.2) is 0 Å². The molecule has 2 aromatic rings. The van der Waals surface area contributed by atoms with Gasteiger partial charge in [0.2, 0.25) is 11.8 Å². The standard InChI is InChI=1S/C27H36ClN3O2S.ClH/c1-4-5-14-31-25(32)23(17-19(2)3)29-26(33)27(31)12-15-30(16-13-27)18-22-10-11-24(34-22)20-6-8-21(28)9-7-20;/h6-11,19,23H,4-5,12-18H2,1-3H3,(H,29,33);1H. The van der Waals surface area contributed by atoms with Crippen LogP contribution in [0.4, 0.5) is 0 Å². The lowest BCUT2D eigenvalue weighted by molar-refractivity contribution is -0.161. The molecule has 4 rings (SSSR count). The van der Waals surface area contributed by atoms with Crippen LogP contribution in [-0.4, -0.2) is 52.8 Å². The average Bonchev–Trinajstić information content (AvgIpc) is 3.27. The fourth-order valence-electron chi connectivity index (χ4n) is 5.18. The number of likely N-dealkylation sites (tertiary alicyclic amines) is 1. The van der Waals surface area contributed by atoms with Gasteiger partial charge in [0, 0.05) is 41.0 Å². The topological polar surface area (TPSA) is 52.7 Å². The molecule has 1 atom stereocenters. The molecule has 0 aliphatic carbocycles. The van der Waals surface area contributed by atoms with E-state index in [1.165, 1.54) is 15.3 Å². The Morgan fingerprint density at radius 2 is 1.80 bits per heavy atom. The Morgan fingerprint density at radius 1 is 1.11 bits per heavy atom. The fraction of sp³-hybridized carbons (Fsp3) is 0.556. The molecule has 1 N–H and O–H groups in total. The number of thiophene rings is 1. The van der Waals surface area contributed by atoms with Gasteiger partial charge in [-0.1, -0.05) is 50.9 Å². The van der Waals surface area contributed by atoms with Crippen LogP contribution in [0.5, 0.6) is 0 Å². The lowest BCUT2D eigenvalue weighted by Crippen LogP contribution is -2.73. The van der Waals surface area contributed by atoms with Crippen molar-refractivity contribution < 1.29 is 9.59 Å². The Balaban J connectivity index is 0.00000342. The van der Waals surface area contributed by atoms with E-state index in [9.17, 15) is 9.59 Å². The Morgan fingerprint density at radius 3 is 2.43 bits per heavy atom. The van der Waals surface area contributed by atoms with Crippen molar-refractivity contribution in [1.29, 1.82) is 0 Å². The second-order valence-corrected chi connectivity index (χ2v) is 11.7. The third-order valence-corrected chi connectivity index (χ3v) is 8.48. The Hall–Kier alpha value is -1.60. The molecule has 2 amide bonds. The molecule has 2 aliphatic rings. The van der Waals surface area contributed by atoms with Crippen LogP contribution in [0.25, 0.3) is 10.4 Å². The Labute approximate surface area is 224 Å². The fourth-order valence-corrected chi connectivity index (χ4v) is 6.36. The van der Waals surface area contributed by atoms with Gasteiger partial charge < -0.3 is 10.2 Å². The van der Waals surface area contributed by atoms with Gasteiger partial charge in [-0.3, -0.25) is 14.5 Å². The Bertz CT molecular complexity index is 1000. The lowest BCUT2D eigenvalue weighted by Gasteiger charge is -2.52. The van der Waals surface area contributed by atoms with Crippen LogP contribution in [0.2, 0.25) is 5.02 Å². The van der Waals surface area contributed by atoms with Crippen LogP contribution in [0.1, 0.15) is 57.8 Å². The SMILES string of the molecule is CCCCN1C(=O)C(CC(C)C)NC(=O)C12CCN(Cc1ccc(-c3ccc(Cl)cc3)s1)CC2.Cl. The number of nitrogens with zero attached hydrogens (tertiary/aromatic N) is 2. The normalized spacial score (nSPS) is 20.3. The molecule has 192 valence electrons. The lowest BCUT2D eigenvalue weighted by atomic mass is 9.80. The molecule has 1 unspecified atom stereocenters. The molecule has 2 fully saturated rings. The molecule has 35 heavy (non-hydrogen) atoms. The molecule has 1 spiro atoms. The highest BCUT2D eigenvalue weighted by molar-refractivity contribution is 7.15. The van der Waals surface area contributed by atoms with Crippen LogP contribution in [-0.2, 0) is 16.1 Å². The molecule has 5 nitrogen and oxygen atoms in total. The summed E-state index contributed by atoms with van der Waals surface area (Å²) in [4.78, 5) is 33.7. The molecule has 2 saturated heterocycles. The number of rotatable bonds is 8. The molecule has 0 bridgehead atoms. The molecule has 0 radical (unpaired) electrons. The highest BCUT2D eigenvalue weighted by Crippen LogP contribution is 2.36. The van der Waals surface area contributed by atoms with Crippen LogP contribution in [0.15, 0.2) is 36.4 Å². The third-order valence-electron chi connectivity index (χ3n) is 7.10. The maximum atomic E-state index is 13.4. The minimum absolute atomic E-state index is 0. The monoisotopic (exact) mass is 537 g/mol. The zero-order valence-electron chi connectivity index (χ0n) is 20.9. The molecule has 1 aromatic carbocycles. The summed E-state index contributed by atoms with van der Waals surface area (Å²) < 4.78 is 0. The van der Waals surface area contributed by atoms with Gasteiger partial charge in [-0.2, -0.15) is 0 Å². The number of piperidine rings is 1. The van der Waals surface area contributed by atoms with Crippen LogP contribution >= 0.6 is 35.3 Å². The van der Waals surface area contributed by atoms with Gasteiger partial charge >= 0.3 is 0 Å². The van der Waals surface area contributed by atoms with Crippen LogP contribution in [0, 0.1) is 5.92 Å². The summed E-state index contributed by atoms with van der Waals surface area (Å²) in [6.07, 6.45) is 4.03. The molecule has 8 heteroatoms. The first-order valence-electron chi connectivity index (χ1n) is 12.5. The summed E-state index contributed by atoms with van der Waals surface area (Å²) in [5.74, 6) is 0.525. The molecule has 2 aliphatic heterocycles. The first-order chi connectivity index (χ1) is 16.3. The van der Waals surface area contributed by atoms with Gasteiger partial charge in [-0.15, -0.1) is 23.7 Å². The molecular weight excluding hydrogens is 501 g/mol. The summed E-state index contributed by atoms with van der Waals surface area (Å²) in [6, 6.07) is 11.9. The zero-order chi connectivity index (χ0) is 24.3. The number of halogens is 2. The summed E-state index contributed by atoms with van der Waals surface area (Å²) in [5, 5.41) is 3.85. The maximum absolute atomic E-state index is 13.4. The molecule has 1 aromatic heterocycles. The minimum Gasteiger partial charge on any atom is -0.342 e. The number of piperazine rings is 1. The predicted octanol–water partition coefficient (Wildman–Crippen LogP) is 6.00. The molecular formula is C27H37Cl2N3O2S. The third kappa shape index (κ3) is 6.22. The second kappa shape index (κ2) is 12.1. The van der Waals surface area contributed by atoms with Gasteiger partial charge in [0.25, 0.3) is 0 Å². The van der Waals surface area contributed by atoms with E-state index in [0.29, 0.717) is 31.7 Å². The average molecular weight is 539 g/mol. The van der Waals surface area contributed by atoms with E-state index in [-0.39, 0.29) is 30.3 Å². The summed E-state index contributed by atoms with van der Waals surface area (Å²) in [7, 11) is 0. The van der Waals surface area contributed by atoms with Crippen LogP contribution < -0.4 is 5.32 Å². The highest BCUT2D eigenvalue weighted by Gasteiger charge is 2.53. The van der Waals surface area contributed by atoms with Crippen molar-refractivity contribution in [1.82, 2.24) is 15.1 Å². The van der Waals surface area contributed by atoms with Crippen molar-refractivity contribution in [2.75, 3.05) is 19.6 Å². The highest BCUT2D eigenvalue weighted by atomic mass is 35.5. The molecule has 0 saturated carbocycles. The van der Waals surface area contributed by atoms with E-state index in [4.69, 9.17) is 11.6 Å². The maximum Gasteiger partial charge on any atom is 0.246 e. The number of amides is 2. The quantitative estimate of drug-likeness (QED) is 0.449. The van der Waals surface area contributed by atoms with E-state index in [1.54, 1.807) is 11.3 Å². The number of hydrogen-bond donors (Lipinski definition) is 1. The van der Waals surface area contributed by atoms with Gasteiger partial charge in [0.15, 0.2) is 0 Å². The first kappa shape index (κ1) is 28.0. The number of nitrogens with one attached hydrogen (secondary N) is 1. The van der Waals surface area contributed by atoms with E-state index in [1.807, 2.05) is 17.0 Å². The number of unbranched alkanes of at least 4 members (excludes halogenated alkanes) is 1. The van der Waals surface area contributed by atoms with Gasteiger partial charge in [0.05, 0.1) is 0 Å². The smallest absolute Gasteiger partial charge is 0.246 e. The summed E-state index contributed by atoms with van der Waals surface area (Å²) in [6.45, 7) is 9.50. The predicted molar refractivity (Wildman–Crippen MR) is 147 cm³/mol. The van der Waals surface area contributed by atoms with Crippen LogP contribution in [0.3, 0.4) is 0 Å². The first-order valence-corrected chi connectivity index (χ1v) is 13.7. The van der Waals surface area contributed by atoms with Crippen molar-refractivity contribution in [2.24, 2.45) is 5.92 Å². The van der Waals surface area contributed by atoms with Crippen molar-refractivity contribution >= 4 is 47.2 Å². The van der Waals surface area contributed by atoms with E-state index in [0.717, 1.165) is 37.5 Å². The Kier molecular flexibility index (Phi) is 9.67. The van der Waals surface area contributed by atoms with Gasteiger partial charge in [-0.05, 0) is 61.4 Å². The summed E-state index contributed by atoms with van der Waals surface area (Å²) in [5.41, 5.74) is 0.485. The summed E-state index contributed by atoms with van der Waals surface area (Å²) >= 11 is 7.83. The van der Waals surface area contributed by atoms with E-state index >= 15 is 0 Å². The number of carbonyl (C=O) groups is 2. The van der Waals surface area contributed by atoms with Crippen molar-refractivity contribution in [2.45, 2.75) is 71.0 Å². The zero-order valence-corrected chi connectivity index (χ0v) is 23.3. The van der Waals surface area contributed by atoms with E-state index < -0.39 is 5.54 Å². The largest absolute Gasteiger partial charge is 0.342 e. The van der Waals surface area contributed by atoms with Crippen molar-refractivity contribution in [3.05, 3.63) is 46.3 Å². The van der Waals surface area contributed by atoms with Crippen molar-refractivity contribution in [3.8, 4) is 10.4 Å².